The summed E-state index contributed by atoms with van der Waals surface area (Å²) in [6.45, 7) is 7.70. The molecule has 5 nitrogen and oxygen atoms in total. The summed E-state index contributed by atoms with van der Waals surface area (Å²) in [5, 5.41) is 12.3. The van der Waals surface area contributed by atoms with Crippen molar-refractivity contribution in [2.24, 2.45) is 5.41 Å². The molecular formula is C14H23N3O2. The molecule has 0 amide bonds. The van der Waals surface area contributed by atoms with E-state index in [1.54, 1.807) is 12.1 Å². The Labute approximate surface area is 114 Å². The van der Waals surface area contributed by atoms with Crippen LogP contribution in [0.5, 0.6) is 0 Å². The molecule has 0 fully saturated rings. The molecule has 1 rings (SSSR count). The summed E-state index contributed by atoms with van der Waals surface area (Å²) >= 11 is 0. The molecule has 0 atom stereocenters. The van der Waals surface area contributed by atoms with Crippen LogP contribution in [0.3, 0.4) is 0 Å². The fraction of sp³-hybridized carbons (Fsp3) is 0.571. The molecule has 19 heavy (non-hydrogen) atoms. The molecule has 0 saturated heterocycles. The zero-order chi connectivity index (χ0) is 14.6. The van der Waals surface area contributed by atoms with Gasteiger partial charge in [-0.2, -0.15) is 0 Å². The monoisotopic (exact) mass is 265 g/mol. The maximum atomic E-state index is 11.1. The number of aryl methyl sites for hydroxylation is 1. The molecule has 1 heterocycles. The number of hydrogen-bond acceptors (Lipinski definition) is 4. The van der Waals surface area contributed by atoms with Gasteiger partial charge in [-0.25, -0.2) is 9.78 Å². The van der Waals surface area contributed by atoms with E-state index in [0.29, 0.717) is 12.4 Å². The van der Waals surface area contributed by atoms with Gasteiger partial charge in [-0.1, -0.05) is 13.8 Å². The average molecular weight is 265 g/mol. The molecule has 0 aliphatic carbocycles. The number of rotatable bonds is 6. The quantitative estimate of drug-likeness (QED) is 0.824. The van der Waals surface area contributed by atoms with Gasteiger partial charge in [-0.3, -0.25) is 0 Å². The van der Waals surface area contributed by atoms with Gasteiger partial charge in [0.2, 0.25) is 0 Å². The zero-order valence-electron chi connectivity index (χ0n) is 12.3. The van der Waals surface area contributed by atoms with Gasteiger partial charge in [-0.15, -0.1) is 0 Å². The lowest BCUT2D eigenvalue weighted by Crippen LogP contribution is -2.34. The third-order valence-corrected chi connectivity index (χ3v) is 2.74. The second-order valence-corrected chi connectivity index (χ2v) is 5.91. The van der Waals surface area contributed by atoms with Gasteiger partial charge in [-0.05, 0) is 38.6 Å². The van der Waals surface area contributed by atoms with Gasteiger partial charge in [0.25, 0.3) is 0 Å². The van der Waals surface area contributed by atoms with E-state index in [1.165, 1.54) is 0 Å². The first-order chi connectivity index (χ1) is 8.71. The Morgan fingerprint density at radius 2 is 2.05 bits per heavy atom. The minimum atomic E-state index is -0.958. The number of anilines is 1. The van der Waals surface area contributed by atoms with Crippen molar-refractivity contribution in [2.45, 2.75) is 20.8 Å². The number of nitrogens with zero attached hydrogens (tertiary/aromatic N) is 2. The van der Waals surface area contributed by atoms with Crippen LogP contribution in [-0.2, 0) is 0 Å². The van der Waals surface area contributed by atoms with Crippen molar-refractivity contribution >= 4 is 11.8 Å². The van der Waals surface area contributed by atoms with E-state index in [4.69, 9.17) is 5.11 Å². The lowest BCUT2D eigenvalue weighted by atomic mass is 9.93. The molecule has 0 aromatic carbocycles. The third kappa shape index (κ3) is 4.87. The molecule has 0 aliphatic rings. The van der Waals surface area contributed by atoms with Crippen molar-refractivity contribution in [3.63, 3.8) is 0 Å². The summed E-state index contributed by atoms with van der Waals surface area (Å²) < 4.78 is 0. The maximum absolute atomic E-state index is 11.1. The number of aromatic nitrogens is 1. The Morgan fingerprint density at radius 3 is 2.58 bits per heavy atom. The molecule has 0 spiro atoms. The molecule has 5 heteroatoms. The van der Waals surface area contributed by atoms with E-state index in [0.717, 1.165) is 12.2 Å². The highest BCUT2D eigenvalue weighted by Gasteiger charge is 2.20. The standard InChI is InChI=1S/C14H23N3O2/c1-10-6-7-11(13(18)19)12(16-10)15-8-14(2,3)9-17(4)5/h6-7H,8-9H2,1-5H3,(H,15,16)(H,18,19). The van der Waals surface area contributed by atoms with Crippen LogP contribution in [-0.4, -0.2) is 48.1 Å². The van der Waals surface area contributed by atoms with Gasteiger partial charge < -0.3 is 15.3 Å². The second-order valence-electron chi connectivity index (χ2n) is 5.91. The van der Waals surface area contributed by atoms with Crippen molar-refractivity contribution < 1.29 is 9.90 Å². The molecular weight excluding hydrogens is 242 g/mol. The van der Waals surface area contributed by atoms with Crippen LogP contribution in [0.25, 0.3) is 0 Å². The molecule has 1 aromatic rings. The largest absolute Gasteiger partial charge is 0.478 e. The number of pyridine rings is 1. The van der Waals surface area contributed by atoms with E-state index in [9.17, 15) is 4.79 Å². The Kier molecular flexibility index (Phi) is 4.89. The Balaban J connectivity index is 2.82. The van der Waals surface area contributed by atoms with Gasteiger partial charge in [0.1, 0.15) is 11.4 Å². The van der Waals surface area contributed by atoms with Crippen molar-refractivity contribution in [3.05, 3.63) is 23.4 Å². The number of hydrogen-bond donors (Lipinski definition) is 2. The topological polar surface area (TPSA) is 65.5 Å². The van der Waals surface area contributed by atoms with Crippen LogP contribution < -0.4 is 5.32 Å². The Bertz CT molecular complexity index is 456. The highest BCUT2D eigenvalue weighted by Crippen LogP contribution is 2.19. The maximum Gasteiger partial charge on any atom is 0.339 e. The summed E-state index contributed by atoms with van der Waals surface area (Å²) in [5.74, 6) is -0.514. The molecule has 106 valence electrons. The van der Waals surface area contributed by atoms with Gasteiger partial charge in [0.15, 0.2) is 0 Å². The first-order valence-corrected chi connectivity index (χ1v) is 6.31. The van der Waals surface area contributed by atoms with E-state index in [1.807, 2.05) is 21.0 Å². The predicted molar refractivity (Wildman–Crippen MR) is 76.8 cm³/mol. The lowest BCUT2D eigenvalue weighted by molar-refractivity contribution is 0.0697. The first kappa shape index (κ1) is 15.4. The molecule has 0 radical (unpaired) electrons. The fourth-order valence-corrected chi connectivity index (χ4v) is 2.10. The van der Waals surface area contributed by atoms with E-state index >= 15 is 0 Å². The second kappa shape index (κ2) is 6.02. The molecule has 0 bridgehead atoms. The minimum absolute atomic E-state index is 0.0324. The van der Waals surface area contributed by atoms with E-state index < -0.39 is 5.97 Å². The Hall–Kier alpha value is -1.62. The summed E-state index contributed by atoms with van der Waals surface area (Å²) in [6.07, 6.45) is 0. The number of aromatic carboxylic acids is 1. The summed E-state index contributed by atoms with van der Waals surface area (Å²) in [5.41, 5.74) is 1.05. The van der Waals surface area contributed by atoms with Crippen LogP contribution in [0.1, 0.15) is 29.9 Å². The van der Waals surface area contributed by atoms with Crippen molar-refractivity contribution in [2.75, 3.05) is 32.5 Å². The number of carboxylic acids is 1. The van der Waals surface area contributed by atoms with E-state index in [2.05, 4.69) is 29.0 Å². The van der Waals surface area contributed by atoms with Crippen molar-refractivity contribution in [1.82, 2.24) is 9.88 Å². The van der Waals surface area contributed by atoms with Gasteiger partial charge >= 0.3 is 5.97 Å². The van der Waals surface area contributed by atoms with Gasteiger partial charge in [0, 0.05) is 18.8 Å². The van der Waals surface area contributed by atoms with Crippen LogP contribution >= 0.6 is 0 Å². The average Bonchev–Trinajstić information content (AvgIpc) is 2.24. The normalized spacial score (nSPS) is 11.7. The zero-order valence-corrected chi connectivity index (χ0v) is 12.3. The smallest absolute Gasteiger partial charge is 0.339 e. The van der Waals surface area contributed by atoms with Crippen LogP contribution in [0, 0.1) is 12.3 Å². The molecule has 0 aliphatic heterocycles. The van der Waals surface area contributed by atoms with Crippen LogP contribution in [0.2, 0.25) is 0 Å². The number of nitrogens with one attached hydrogen (secondary N) is 1. The summed E-state index contributed by atoms with van der Waals surface area (Å²) in [6, 6.07) is 3.30. The molecule has 2 N–H and O–H groups in total. The lowest BCUT2D eigenvalue weighted by Gasteiger charge is -2.28. The number of carbonyl (C=O) groups is 1. The molecule has 0 unspecified atom stereocenters. The predicted octanol–water partition coefficient (Wildman–Crippen LogP) is 2.09. The summed E-state index contributed by atoms with van der Waals surface area (Å²) in [4.78, 5) is 17.5. The first-order valence-electron chi connectivity index (χ1n) is 6.31. The number of carboxylic acid groups (broad SMARTS) is 1. The van der Waals surface area contributed by atoms with E-state index in [-0.39, 0.29) is 11.0 Å². The minimum Gasteiger partial charge on any atom is -0.478 e. The third-order valence-electron chi connectivity index (χ3n) is 2.74. The van der Waals surface area contributed by atoms with Crippen LogP contribution in [0.4, 0.5) is 5.82 Å². The SMILES string of the molecule is Cc1ccc(C(=O)O)c(NCC(C)(C)CN(C)C)n1. The highest BCUT2D eigenvalue weighted by molar-refractivity contribution is 5.93. The molecule has 0 saturated carbocycles. The fourth-order valence-electron chi connectivity index (χ4n) is 2.10. The highest BCUT2D eigenvalue weighted by atomic mass is 16.4. The van der Waals surface area contributed by atoms with Crippen molar-refractivity contribution in [3.8, 4) is 0 Å². The molecule has 1 aromatic heterocycles. The van der Waals surface area contributed by atoms with Crippen LogP contribution in [0.15, 0.2) is 12.1 Å². The summed E-state index contributed by atoms with van der Waals surface area (Å²) in [7, 11) is 4.05. The Morgan fingerprint density at radius 1 is 1.42 bits per heavy atom. The van der Waals surface area contributed by atoms with Gasteiger partial charge in [0.05, 0.1) is 0 Å². The van der Waals surface area contributed by atoms with Crippen molar-refractivity contribution in [1.29, 1.82) is 0 Å².